The molecule has 0 amide bonds. The van der Waals surface area contributed by atoms with Crippen LogP contribution < -0.4 is 0 Å². The molecule has 0 spiro atoms. The first-order valence-corrected chi connectivity index (χ1v) is 17.3. The molecule has 0 aliphatic carbocycles. The van der Waals surface area contributed by atoms with Crippen LogP contribution >= 0.6 is 0 Å². The fraction of sp³-hybridized carbons (Fsp3) is 0.724. The maximum atomic E-state index is 12.5. The molecule has 0 aliphatic heterocycles. The van der Waals surface area contributed by atoms with Crippen LogP contribution in [0.15, 0.2) is 24.3 Å². The van der Waals surface area contributed by atoms with Crippen molar-refractivity contribution in [3.63, 3.8) is 0 Å². The third-order valence-electron chi connectivity index (χ3n) is 6.00. The van der Waals surface area contributed by atoms with Gasteiger partial charge in [-0.3, -0.25) is 0 Å². The molecular weight excluding hydrogens is 440 g/mol. The molecule has 0 saturated carbocycles. The molecule has 0 fully saturated rings. The number of carbonyl (C=O) groups is 2. The lowest BCUT2D eigenvalue weighted by Crippen LogP contribution is -2.30. The second-order valence-electron chi connectivity index (χ2n) is 10.5. The van der Waals surface area contributed by atoms with Crippen LogP contribution in [0.25, 0.3) is 0 Å². The number of hydrogen-bond donors (Lipinski definition) is 0. The van der Waals surface area contributed by atoms with Crippen molar-refractivity contribution in [1.29, 1.82) is 0 Å². The molecule has 0 bridgehead atoms. The van der Waals surface area contributed by atoms with E-state index in [0.717, 1.165) is 12.8 Å². The summed E-state index contributed by atoms with van der Waals surface area (Å²) in [4.78, 5) is 24.9. The van der Waals surface area contributed by atoms with Crippen molar-refractivity contribution in [3.8, 4) is 0 Å². The van der Waals surface area contributed by atoms with Crippen LogP contribution in [0.2, 0.25) is 19.6 Å². The number of rotatable bonds is 20. The summed E-state index contributed by atoms with van der Waals surface area (Å²) in [6.07, 6.45) is 21.0. The predicted molar refractivity (Wildman–Crippen MR) is 145 cm³/mol. The van der Waals surface area contributed by atoms with Crippen molar-refractivity contribution in [3.05, 3.63) is 35.4 Å². The first-order chi connectivity index (χ1) is 16.3. The second-order valence-corrected chi connectivity index (χ2v) is 14.9. The highest BCUT2D eigenvalue weighted by molar-refractivity contribution is 6.71. The van der Waals surface area contributed by atoms with Gasteiger partial charge in [0, 0.05) is 0 Å². The van der Waals surface area contributed by atoms with Crippen LogP contribution in [0.1, 0.15) is 130 Å². The van der Waals surface area contributed by atoms with E-state index in [0.29, 0.717) is 17.7 Å². The van der Waals surface area contributed by atoms with Gasteiger partial charge in [0.25, 0.3) is 0 Å². The van der Waals surface area contributed by atoms with Gasteiger partial charge in [-0.25, -0.2) is 9.59 Å². The van der Waals surface area contributed by atoms with E-state index in [4.69, 9.17) is 9.16 Å². The molecule has 5 heteroatoms. The van der Waals surface area contributed by atoms with E-state index in [2.05, 4.69) is 6.92 Å². The van der Waals surface area contributed by atoms with Crippen LogP contribution in [0, 0.1) is 0 Å². The monoisotopic (exact) mass is 490 g/mol. The van der Waals surface area contributed by atoms with Crippen molar-refractivity contribution in [2.75, 3.05) is 6.61 Å². The smallest absolute Gasteiger partial charge is 0.339 e. The average Bonchev–Trinajstić information content (AvgIpc) is 2.79. The minimum atomic E-state index is -2.03. The van der Waals surface area contributed by atoms with Gasteiger partial charge in [0.1, 0.15) is 0 Å². The summed E-state index contributed by atoms with van der Waals surface area (Å²) >= 11 is 0. The molecule has 1 aromatic rings. The third kappa shape index (κ3) is 15.3. The van der Waals surface area contributed by atoms with Gasteiger partial charge in [-0.1, -0.05) is 115 Å². The number of esters is 1. The Hall–Kier alpha value is -1.62. The molecule has 0 unspecified atom stereocenters. The average molecular weight is 491 g/mol. The Kier molecular flexibility index (Phi) is 16.7. The SMILES string of the molecule is CCCCCCCCCCCCCCCCCCOC(=O)c1ccccc1C(=O)O[Si](C)(C)C. The van der Waals surface area contributed by atoms with Crippen molar-refractivity contribution in [1.82, 2.24) is 0 Å². The Labute approximate surface area is 210 Å². The van der Waals surface area contributed by atoms with Crippen LogP contribution in [-0.2, 0) is 9.16 Å². The molecule has 0 saturated heterocycles. The van der Waals surface area contributed by atoms with E-state index in [1.54, 1.807) is 24.3 Å². The summed E-state index contributed by atoms with van der Waals surface area (Å²) in [5.74, 6) is -0.877. The number of ether oxygens (including phenoxy) is 1. The van der Waals surface area contributed by atoms with Gasteiger partial charge in [0.2, 0.25) is 8.32 Å². The van der Waals surface area contributed by atoms with Crippen molar-refractivity contribution in [2.45, 2.75) is 129 Å². The topological polar surface area (TPSA) is 52.6 Å². The van der Waals surface area contributed by atoms with Gasteiger partial charge in [0.05, 0.1) is 17.7 Å². The van der Waals surface area contributed by atoms with Crippen molar-refractivity contribution >= 4 is 20.3 Å². The fourth-order valence-corrected chi connectivity index (χ4v) is 4.73. The van der Waals surface area contributed by atoms with Crippen molar-refractivity contribution < 1.29 is 18.8 Å². The zero-order valence-corrected chi connectivity index (χ0v) is 23.5. The van der Waals surface area contributed by atoms with Crippen molar-refractivity contribution in [2.24, 2.45) is 0 Å². The maximum Gasteiger partial charge on any atom is 0.339 e. The highest BCUT2D eigenvalue weighted by Gasteiger charge is 2.24. The third-order valence-corrected chi connectivity index (χ3v) is 6.79. The van der Waals surface area contributed by atoms with Gasteiger partial charge >= 0.3 is 11.9 Å². The summed E-state index contributed by atoms with van der Waals surface area (Å²) in [6.45, 7) is 8.51. The van der Waals surface area contributed by atoms with E-state index in [1.165, 1.54) is 89.9 Å². The van der Waals surface area contributed by atoms with Gasteiger partial charge in [-0.2, -0.15) is 0 Å². The fourth-order valence-electron chi connectivity index (χ4n) is 4.06. The van der Waals surface area contributed by atoms with E-state index < -0.39 is 20.3 Å². The highest BCUT2D eigenvalue weighted by atomic mass is 28.4. The van der Waals surface area contributed by atoms with Crippen LogP contribution in [0.3, 0.4) is 0 Å². The number of benzene rings is 1. The maximum absolute atomic E-state index is 12.5. The molecule has 194 valence electrons. The highest BCUT2D eigenvalue weighted by Crippen LogP contribution is 2.16. The lowest BCUT2D eigenvalue weighted by molar-refractivity contribution is 0.0488. The Morgan fingerprint density at radius 1 is 0.618 bits per heavy atom. The van der Waals surface area contributed by atoms with E-state index in [1.807, 2.05) is 19.6 Å². The zero-order valence-electron chi connectivity index (χ0n) is 22.5. The first kappa shape index (κ1) is 30.4. The molecule has 1 rings (SSSR count). The normalized spacial score (nSPS) is 11.4. The summed E-state index contributed by atoms with van der Waals surface area (Å²) in [5, 5.41) is 0. The molecule has 0 aromatic heterocycles. The van der Waals surface area contributed by atoms with Crippen LogP contribution in [-0.4, -0.2) is 26.9 Å². The van der Waals surface area contributed by atoms with E-state index in [-0.39, 0.29) is 0 Å². The number of hydrogen-bond acceptors (Lipinski definition) is 4. The molecule has 4 nitrogen and oxygen atoms in total. The molecule has 1 aromatic carbocycles. The summed E-state index contributed by atoms with van der Waals surface area (Å²) in [5.41, 5.74) is 0.587. The second kappa shape index (κ2) is 18.7. The Morgan fingerprint density at radius 3 is 1.41 bits per heavy atom. The molecule has 0 heterocycles. The van der Waals surface area contributed by atoms with Gasteiger partial charge in [-0.05, 0) is 38.2 Å². The lowest BCUT2D eigenvalue weighted by Gasteiger charge is -2.18. The quantitative estimate of drug-likeness (QED) is 0.104. The minimum absolute atomic E-state index is 0.293. The lowest BCUT2D eigenvalue weighted by atomic mass is 10.0. The molecule has 0 radical (unpaired) electrons. The number of carbonyl (C=O) groups excluding carboxylic acids is 2. The first-order valence-electron chi connectivity index (χ1n) is 13.8. The summed E-state index contributed by atoms with van der Waals surface area (Å²) in [6, 6.07) is 6.76. The largest absolute Gasteiger partial charge is 0.516 e. The minimum Gasteiger partial charge on any atom is -0.516 e. The van der Waals surface area contributed by atoms with Gasteiger partial charge in [-0.15, -0.1) is 0 Å². The zero-order chi connectivity index (χ0) is 25.1. The summed E-state index contributed by atoms with van der Waals surface area (Å²) < 4.78 is 11.0. The molecule has 34 heavy (non-hydrogen) atoms. The molecule has 0 N–H and O–H groups in total. The number of unbranched alkanes of at least 4 members (excludes halogenated alkanes) is 15. The van der Waals surface area contributed by atoms with Gasteiger partial charge in [0.15, 0.2) is 0 Å². The molecule has 0 atom stereocenters. The Morgan fingerprint density at radius 2 is 1.00 bits per heavy atom. The Balaban J connectivity index is 2.04. The van der Waals surface area contributed by atoms with E-state index >= 15 is 0 Å². The Bertz CT molecular complexity index is 681. The molecular formula is C29H50O4Si. The van der Waals surface area contributed by atoms with Crippen LogP contribution in [0.4, 0.5) is 0 Å². The van der Waals surface area contributed by atoms with Crippen LogP contribution in [0.5, 0.6) is 0 Å². The standard InChI is InChI=1S/C29H50O4Si/c1-5-6-7-8-9-10-11-12-13-14-15-16-17-18-19-22-25-32-28(30)26-23-20-21-24-27(26)29(31)33-34(2,3)4/h20-21,23-24H,5-19,22,25H2,1-4H3. The van der Waals surface area contributed by atoms with E-state index in [9.17, 15) is 9.59 Å². The molecule has 0 aliphatic rings. The predicted octanol–water partition coefficient (Wildman–Crippen LogP) is 9.10. The summed E-state index contributed by atoms with van der Waals surface area (Å²) in [7, 11) is -2.03. The van der Waals surface area contributed by atoms with Gasteiger partial charge < -0.3 is 9.16 Å².